The molecule has 0 spiro atoms. The number of nitrogens with one attached hydrogen (secondary N) is 1. The molecule has 0 atom stereocenters. The van der Waals surface area contributed by atoms with Crippen LogP contribution in [0.5, 0.6) is 0 Å². The quantitative estimate of drug-likeness (QED) is 0.755. The van der Waals surface area contributed by atoms with Gasteiger partial charge in [-0.3, -0.25) is 0 Å². The number of nitrogens with zero attached hydrogens (tertiary/aromatic N) is 1. The second-order valence-corrected chi connectivity index (χ2v) is 9.24. The molecule has 2 rings (SSSR count). The van der Waals surface area contributed by atoms with Crippen LogP contribution in [0.15, 0.2) is 29.2 Å². The summed E-state index contributed by atoms with van der Waals surface area (Å²) < 4.78 is 26.6. The van der Waals surface area contributed by atoms with E-state index in [0.29, 0.717) is 22.4 Å². The first-order valence-electron chi connectivity index (χ1n) is 8.86. The number of sulfonamides is 1. The van der Waals surface area contributed by atoms with E-state index < -0.39 is 10.0 Å². The number of rotatable bonds is 8. The Morgan fingerprint density at radius 2 is 1.71 bits per heavy atom. The molecule has 0 saturated heterocycles. The zero-order valence-corrected chi connectivity index (χ0v) is 16.2. The molecular weight excluding hydrogens is 344 g/mol. The van der Waals surface area contributed by atoms with Gasteiger partial charge in [-0.25, -0.2) is 12.7 Å². The number of hydrogen-bond acceptors (Lipinski definition) is 3. The predicted molar refractivity (Wildman–Crippen MR) is 99.9 cm³/mol. The number of benzene rings is 1. The van der Waals surface area contributed by atoms with E-state index in [0.717, 1.165) is 25.4 Å². The van der Waals surface area contributed by atoms with Gasteiger partial charge in [-0.05, 0) is 68.5 Å². The summed E-state index contributed by atoms with van der Waals surface area (Å²) in [5.74, 6) is 1.43. The molecule has 0 heterocycles. The third kappa shape index (κ3) is 5.45. The van der Waals surface area contributed by atoms with Gasteiger partial charge in [-0.15, -0.1) is 0 Å². The van der Waals surface area contributed by atoms with E-state index in [1.807, 2.05) is 0 Å². The van der Waals surface area contributed by atoms with Crippen molar-refractivity contribution in [3.8, 4) is 0 Å². The van der Waals surface area contributed by atoms with Gasteiger partial charge in [0.05, 0.1) is 4.90 Å². The van der Waals surface area contributed by atoms with Gasteiger partial charge in [0.25, 0.3) is 0 Å². The Hall–Kier alpha value is -0.620. The summed E-state index contributed by atoms with van der Waals surface area (Å²) in [7, 11) is -1.75. The van der Waals surface area contributed by atoms with Crippen molar-refractivity contribution in [2.24, 2.45) is 11.8 Å². The molecule has 1 fully saturated rings. The summed E-state index contributed by atoms with van der Waals surface area (Å²) >= 11 is 5.83. The third-order valence-electron chi connectivity index (χ3n) is 5.02. The Bertz CT molecular complexity index is 596. The Morgan fingerprint density at radius 1 is 1.12 bits per heavy atom. The van der Waals surface area contributed by atoms with Crippen LogP contribution in [-0.2, 0) is 10.0 Å². The second kappa shape index (κ2) is 9.18. The molecule has 1 N–H and O–H groups in total. The minimum atomic E-state index is -3.41. The molecule has 0 bridgehead atoms. The molecule has 1 aliphatic rings. The summed E-state index contributed by atoms with van der Waals surface area (Å²) in [6.45, 7) is 4.87. The molecule has 1 aromatic rings. The molecule has 0 aromatic heterocycles. The maximum absolute atomic E-state index is 12.6. The fourth-order valence-electron chi connectivity index (χ4n) is 3.34. The van der Waals surface area contributed by atoms with E-state index in [2.05, 4.69) is 12.2 Å². The van der Waals surface area contributed by atoms with E-state index in [4.69, 9.17) is 11.6 Å². The van der Waals surface area contributed by atoms with Gasteiger partial charge in [0.15, 0.2) is 0 Å². The van der Waals surface area contributed by atoms with Crippen LogP contribution in [0.4, 0.5) is 0 Å². The lowest BCUT2D eigenvalue weighted by Gasteiger charge is -2.29. The monoisotopic (exact) mass is 372 g/mol. The highest BCUT2D eigenvalue weighted by Gasteiger charge is 2.24. The zero-order chi connectivity index (χ0) is 17.6. The number of halogens is 1. The fourth-order valence-corrected chi connectivity index (χ4v) is 4.66. The van der Waals surface area contributed by atoms with Crippen LogP contribution in [-0.4, -0.2) is 39.4 Å². The van der Waals surface area contributed by atoms with E-state index in [1.165, 1.54) is 30.0 Å². The fraction of sp³-hybridized carbons (Fsp3) is 0.667. The van der Waals surface area contributed by atoms with E-state index >= 15 is 0 Å². The van der Waals surface area contributed by atoms with Crippen LogP contribution < -0.4 is 5.32 Å². The van der Waals surface area contributed by atoms with Gasteiger partial charge in [0, 0.05) is 18.6 Å². The van der Waals surface area contributed by atoms with Crippen molar-refractivity contribution >= 4 is 21.6 Å². The minimum absolute atomic E-state index is 0.309. The minimum Gasteiger partial charge on any atom is -0.317 e. The summed E-state index contributed by atoms with van der Waals surface area (Å²) in [5, 5.41) is 3.98. The van der Waals surface area contributed by atoms with Crippen molar-refractivity contribution in [1.29, 1.82) is 0 Å². The van der Waals surface area contributed by atoms with Gasteiger partial charge in [0.2, 0.25) is 10.0 Å². The van der Waals surface area contributed by atoms with Crippen molar-refractivity contribution in [1.82, 2.24) is 9.62 Å². The Balaban J connectivity index is 1.81. The highest BCUT2D eigenvalue weighted by molar-refractivity contribution is 7.89. The van der Waals surface area contributed by atoms with Crippen molar-refractivity contribution < 1.29 is 8.42 Å². The van der Waals surface area contributed by atoms with Crippen LogP contribution in [0.2, 0.25) is 5.02 Å². The molecule has 6 heteroatoms. The van der Waals surface area contributed by atoms with Crippen LogP contribution >= 0.6 is 11.6 Å². The lowest BCUT2D eigenvalue weighted by atomic mass is 9.80. The second-order valence-electron chi connectivity index (χ2n) is 6.76. The van der Waals surface area contributed by atoms with Crippen molar-refractivity contribution in [2.75, 3.05) is 26.7 Å². The molecule has 1 aliphatic carbocycles. The smallest absolute Gasteiger partial charge is 0.242 e. The zero-order valence-electron chi connectivity index (χ0n) is 14.7. The molecule has 0 radical (unpaired) electrons. The van der Waals surface area contributed by atoms with Gasteiger partial charge in [-0.1, -0.05) is 31.4 Å². The maximum atomic E-state index is 12.6. The molecule has 136 valence electrons. The first-order chi connectivity index (χ1) is 11.4. The van der Waals surface area contributed by atoms with Crippen LogP contribution in [0, 0.1) is 11.8 Å². The summed E-state index contributed by atoms with van der Waals surface area (Å²) in [6.07, 6.45) is 5.88. The lowest BCUT2D eigenvalue weighted by molar-refractivity contribution is 0.248. The summed E-state index contributed by atoms with van der Waals surface area (Å²) in [5.41, 5.74) is 0. The van der Waals surface area contributed by atoms with E-state index in [1.54, 1.807) is 31.3 Å². The molecule has 0 unspecified atom stereocenters. The molecular formula is C18H29ClN2O2S. The van der Waals surface area contributed by atoms with Crippen LogP contribution in [0.25, 0.3) is 0 Å². The molecule has 0 amide bonds. The lowest BCUT2D eigenvalue weighted by Crippen LogP contribution is -2.31. The topological polar surface area (TPSA) is 49.4 Å². The normalized spacial score (nSPS) is 22.0. The largest absolute Gasteiger partial charge is 0.317 e. The average molecular weight is 373 g/mol. The first kappa shape index (κ1) is 19.7. The van der Waals surface area contributed by atoms with Crippen molar-refractivity contribution in [3.63, 3.8) is 0 Å². The van der Waals surface area contributed by atoms with Crippen LogP contribution in [0.1, 0.15) is 39.0 Å². The van der Waals surface area contributed by atoms with Gasteiger partial charge in [0.1, 0.15) is 0 Å². The SMILES string of the molecule is CCNCC1CCC(CCN(C)S(=O)(=O)c2ccc(Cl)cc2)CC1. The summed E-state index contributed by atoms with van der Waals surface area (Å²) in [4.78, 5) is 0.309. The van der Waals surface area contributed by atoms with Gasteiger partial charge in [-0.2, -0.15) is 0 Å². The maximum Gasteiger partial charge on any atom is 0.242 e. The van der Waals surface area contributed by atoms with E-state index in [9.17, 15) is 8.42 Å². The van der Waals surface area contributed by atoms with Crippen molar-refractivity contribution in [2.45, 2.75) is 43.9 Å². The highest BCUT2D eigenvalue weighted by Crippen LogP contribution is 2.31. The Kier molecular flexibility index (Phi) is 7.54. The predicted octanol–water partition coefficient (Wildman–Crippen LogP) is 3.77. The summed E-state index contributed by atoms with van der Waals surface area (Å²) in [6, 6.07) is 6.38. The Morgan fingerprint density at radius 3 is 2.29 bits per heavy atom. The Labute approximate surface area is 151 Å². The van der Waals surface area contributed by atoms with Gasteiger partial charge < -0.3 is 5.32 Å². The third-order valence-corrected chi connectivity index (χ3v) is 7.15. The van der Waals surface area contributed by atoms with E-state index in [-0.39, 0.29) is 0 Å². The van der Waals surface area contributed by atoms with Crippen LogP contribution in [0.3, 0.4) is 0 Å². The highest BCUT2D eigenvalue weighted by atomic mass is 35.5. The molecule has 24 heavy (non-hydrogen) atoms. The molecule has 0 aliphatic heterocycles. The van der Waals surface area contributed by atoms with Gasteiger partial charge >= 0.3 is 0 Å². The first-order valence-corrected chi connectivity index (χ1v) is 10.7. The molecule has 4 nitrogen and oxygen atoms in total. The van der Waals surface area contributed by atoms with Crippen molar-refractivity contribution in [3.05, 3.63) is 29.3 Å². The standard InChI is InChI=1S/C18H29ClN2O2S/c1-3-20-14-16-6-4-15(5-7-16)12-13-21(2)24(22,23)18-10-8-17(19)9-11-18/h8-11,15-16,20H,3-7,12-14H2,1-2H3. The molecule has 1 saturated carbocycles. The molecule has 1 aromatic carbocycles. The number of hydrogen-bond donors (Lipinski definition) is 1. The average Bonchev–Trinajstić information content (AvgIpc) is 2.59.